The van der Waals surface area contributed by atoms with Gasteiger partial charge in [-0.05, 0) is 27.7 Å². The van der Waals surface area contributed by atoms with Gasteiger partial charge in [0.05, 0.1) is 0 Å². The van der Waals surface area contributed by atoms with Crippen LogP contribution in [0.2, 0.25) is 0 Å². The maximum atomic E-state index is 4.76. The number of rotatable bonds is 4. The Bertz CT molecular complexity index is 399. The average Bonchev–Trinajstić information content (AvgIpc) is 2.51. The van der Waals surface area contributed by atoms with Crippen LogP contribution < -0.4 is 3.51 Å². The predicted molar refractivity (Wildman–Crippen MR) is 118 cm³/mol. The van der Waals surface area contributed by atoms with Crippen molar-refractivity contribution in [2.24, 2.45) is 0 Å². The van der Waals surface area contributed by atoms with Gasteiger partial charge in [0.15, 0.2) is 0 Å². The van der Waals surface area contributed by atoms with E-state index in [1.165, 1.54) is 3.51 Å². The Kier molecular flexibility index (Phi) is 18.9. The number of benzene rings is 1. The van der Waals surface area contributed by atoms with Crippen molar-refractivity contribution in [3.05, 3.63) is 30.3 Å². The zero-order chi connectivity index (χ0) is 18.3. The van der Waals surface area contributed by atoms with Crippen LogP contribution in [0, 0.1) is 0 Å². The predicted octanol–water partition coefficient (Wildman–Crippen LogP) is 2.80. The number of hydrogen-bond acceptors (Lipinski definition) is 4. The second-order valence-corrected chi connectivity index (χ2v) is 7.75. The van der Waals surface area contributed by atoms with Crippen molar-refractivity contribution in [1.82, 2.24) is 9.80 Å². The van der Waals surface area contributed by atoms with E-state index in [2.05, 4.69) is 12.1 Å². The topological polar surface area (TPSA) is 6.48 Å². The van der Waals surface area contributed by atoms with Gasteiger partial charge < -0.3 is 59.5 Å². The summed E-state index contributed by atoms with van der Waals surface area (Å²) >= 11 is 20.8. The van der Waals surface area contributed by atoms with Crippen LogP contribution in [0.4, 0.5) is 0 Å². The molecule has 1 aromatic rings. The molecule has 23 heavy (non-hydrogen) atoms. The third kappa shape index (κ3) is 15.5. The van der Waals surface area contributed by atoms with E-state index in [0.29, 0.717) is 8.64 Å². The van der Waals surface area contributed by atoms with Crippen molar-refractivity contribution >= 4 is 84.9 Å². The molecule has 0 fully saturated rings. The summed E-state index contributed by atoms with van der Waals surface area (Å²) in [5, 5.41) is 0. The summed E-state index contributed by atoms with van der Waals surface area (Å²) in [6.45, 7) is 11.9. The molecular formula is C16H25N2S4Sb-2. The molecule has 1 aromatic carbocycles. The van der Waals surface area contributed by atoms with E-state index in [0.717, 1.165) is 26.2 Å². The molecule has 0 aliphatic carbocycles. The second kappa shape index (κ2) is 17.1. The van der Waals surface area contributed by atoms with Crippen molar-refractivity contribution in [3.63, 3.8) is 0 Å². The fraction of sp³-hybridized carbons (Fsp3) is 0.500. The molecule has 0 unspecified atom stereocenters. The zero-order valence-electron chi connectivity index (χ0n) is 14.2. The van der Waals surface area contributed by atoms with Gasteiger partial charge in [-0.3, -0.25) is 0 Å². The molecule has 0 aliphatic rings. The molecule has 0 spiro atoms. The summed E-state index contributed by atoms with van der Waals surface area (Å²) in [4.78, 5) is 3.93. The molecule has 130 valence electrons. The Morgan fingerprint density at radius 2 is 1.13 bits per heavy atom. The third-order valence-corrected chi connectivity index (χ3v) is 4.68. The first-order chi connectivity index (χ1) is 10.8. The summed E-state index contributed by atoms with van der Waals surface area (Å²) in [5.41, 5.74) is 0. The van der Waals surface area contributed by atoms with E-state index < -0.39 is 0 Å². The summed E-state index contributed by atoms with van der Waals surface area (Å²) in [6.07, 6.45) is 0. The van der Waals surface area contributed by atoms with Gasteiger partial charge in [-0.25, -0.2) is 0 Å². The molecule has 0 aromatic heterocycles. The van der Waals surface area contributed by atoms with Crippen LogP contribution in [0.25, 0.3) is 0 Å². The SMILES string of the molecule is CCN(CC)C(=S)[S-].CCN(CC)C(=S)[S-].[Sb][c]1ccccc1. The zero-order valence-corrected chi connectivity index (χ0v) is 20.0. The fourth-order valence-electron chi connectivity index (χ4n) is 1.39. The molecule has 0 aliphatic heterocycles. The van der Waals surface area contributed by atoms with Crippen molar-refractivity contribution in [1.29, 1.82) is 0 Å². The van der Waals surface area contributed by atoms with Gasteiger partial charge in [0.1, 0.15) is 0 Å². The monoisotopic (exact) mass is 494 g/mol. The Morgan fingerprint density at radius 3 is 1.22 bits per heavy atom. The van der Waals surface area contributed by atoms with Gasteiger partial charge in [0, 0.05) is 26.2 Å². The van der Waals surface area contributed by atoms with Crippen LogP contribution in [0.3, 0.4) is 0 Å². The van der Waals surface area contributed by atoms with Crippen LogP contribution in [0.15, 0.2) is 30.3 Å². The molecule has 0 N–H and O–H groups in total. The molecule has 0 saturated heterocycles. The van der Waals surface area contributed by atoms with Crippen molar-refractivity contribution < 1.29 is 0 Å². The second-order valence-electron chi connectivity index (χ2n) is 4.21. The quantitative estimate of drug-likeness (QED) is 0.358. The van der Waals surface area contributed by atoms with Gasteiger partial charge in [0.25, 0.3) is 0 Å². The minimum absolute atomic E-state index is 0.579. The van der Waals surface area contributed by atoms with E-state index in [1.54, 1.807) is 23.0 Å². The molecule has 0 amide bonds. The number of hydrogen-bond donors (Lipinski definition) is 0. The molecule has 2 radical (unpaired) electrons. The van der Waals surface area contributed by atoms with Gasteiger partial charge >= 0.3 is 56.9 Å². The van der Waals surface area contributed by atoms with Crippen molar-refractivity contribution in [2.45, 2.75) is 27.7 Å². The van der Waals surface area contributed by atoms with E-state index in [4.69, 9.17) is 49.7 Å². The van der Waals surface area contributed by atoms with Gasteiger partial charge in [-0.2, -0.15) is 0 Å². The molecule has 1 rings (SSSR count). The molecular weight excluding hydrogens is 470 g/mol. The minimum atomic E-state index is 0.579. The standard InChI is InChI=1S/C6H5.2C5H11NS2.Sb/c1-2-4-6-5-3-1;2*1-3-6(4-2)5(7)8;/h1-5H;2*3-4H2,1-2H3,(H,7,8);/p-2. The third-order valence-electron chi connectivity index (χ3n) is 2.80. The summed E-state index contributed by atoms with van der Waals surface area (Å²) in [5.74, 6) is 0. The molecule has 0 saturated carbocycles. The summed E-state index contributed by atoms with van der Waals surface area (Å²) in [6, 6.07) is 10.3. The molecule has 2 nitrogen and oxygen atoms in total. The van der Waals surface area contributed by atoms with Crippen LogP contribution in [0.1, 0.15) is 27.7 Å². The number of nitrogens with zero attached hydrogens (tertiary/aromatic N) is 2. The Morgan fingerprint density at radius 1 is 0.826 bits per heavy atom. The van der Waals surface area contributed by atoms with E-state index in [1.807, 2.05) is 55.7 Å². The normalized spacial score (nSPS) is 8.74. The van der Waals surface area contributed by atoms with E-state index in [-0.39, 0.29) is 0 Å². The average molecular weight is 495 g/mol. The van der Waals surface area contributed by atoms with Crippen LogP contribution in [0.5, 0.6) is 0 Å². The first-order valence-corrected chi connectivity index (χ1v) is 10.4. The van der Waals surface area contributed by atoms with Gasteiger partial charge in [0.2, 0.25) is 0 Å². The van der Waals surface area contributed by atoms with E-state index >= 15 is 0 Å². The van der Waals surface area contributed by atoms with Crippen molar-refractivity contribution in [3.8, 4) is 0 Å². The Hall–Kier alpha value is 0.258. The maximum absolute atomic E-state index is 4.76. The molecule has 7 heteroatoms. The van der Waals surface area contributed by atoms with Gasteiger partial charge in [-0.1, -0.05) is 8.64 Å². The molecule has 0 heterocycles. The summed E-state index contributed by atoms with van der Waals surface area (Å²) < 4.78 is 2.53. The van der Waals surface area contributed by atoms with Crippen LogP contribution in [-0.2, 0) is 25.3 Å². The first kappa shape index (κ1) is 25.5. The van der Waals surface area contributed by atoms with Crippen LogP contribution >= 0.6 is 24.4 Å². The fourth-order valence-corrected chi connectivity index (χ4v) is 2.92. The van der Waals surface area contributed by atoms with Gasteiger partial charge in [-0.15, -0.1) is 0 Å². The molecule has 0 atom stereocenters. The first-order valence-electron chi connectivity index (χ1n) is 7.49. The van der Waals surface area contributed by atoms with Crippen molar-refractivity contribution in [2.75, 3.05) is 26.2 Å². The summed E-state index contributed by atoms with van der Waals surface area (Å²) in [7, 11) is 0. The van der Waals surface area contributed by atoms with E-state index in [9.17, 15) is 0 Å². The molecule has 0 bridgehead atoms. The Balaban J connectivity index is 0. The Labute approximate surface area is 177 Å². The number of thiocarbonyl (C=S) groups is 2. The van der Waals surface area contributed by atoms with Crippen LogP contribution in [-0.4, -0.2) is 67.6 Å².